The zero-order valence-corrected chi connectivity index (χ0v) is 15.3. The molecule has 0 unspecified atom stereocenters. The predicted octanol–water partition coefficient (Wildman–Crippen LogP) is 4.34. The third kappa shape index (κ3) is 5.53. The van der Waals surface area contributed by atoms with E-state index in [2.05, 4.69) is 32.7 Å². The summed E-state index contributed by atoms with van der Waals surface area (Å²) in [7, 11) is 0. The number of rotatable bonds is 4. The lowest BCUT2D eigenvalue weighted by molar-refractivity contribution is 0.169. The highest BCUT2D eigenvalue weighted by atomic mass is 79.9. The minimum Gasteiger partial charge on any atom is -0.314 e. The SMILES string of the molecule is C=C(C)C[C@H](c1c(F)cccc1Br)N1CCNCC1.Cl.Cl. The van der Waals surface area contributed by atoms with Crippen molar-refractivity contribution in [3.63, 3.8) is 0 Å². The van der Waals surface area contributed by atoms with Crippen LogP contribution in [0.5, 0.6) is 0 Å². The van der Waals surface area contributed by atoms with Crippen molar-refractivity contribution < 1.29 is 4.39 Å². The number of piperazine rings is 1. The Bertz CT molecular complexity index is 445. The van der Waals surface area contributed by atoms with Gasteiger partial charge in [0.15, 0.2) is 0 Å². The van der Waals surface area contributed by atoms with Gasteiger partial charge < -0.3 is 5.32 Å². The molecular formula is C15H22BrCl2FN2. The maximum atomic E-state index is 14.2. The van der Waals surface area contributed by atoms with Crippen molar-refractivity contribution in [2.45, 2.75) is 19.4 Å². The van der Waals surface area contributed by atoms with Crippen molar-refractivity contribution in [3.05, 3.63) is 46.2 Å². The Morgan fingerprint density at radius 3 is 2.52 bits per heavy atom. The quantitative estimate of drug-likeness (QED) is 0.757. The van der Waals surface area contributed by atoms with Crippen LogP contribution in [0.25, 0.3) is 0 Å². The summed E-state index contributed by atoms with van der Waals surface area (Å²) in [6.45, 7) is 9.80. The van der Waals surface area contributed by atoms with Gasteiger partial charge in [-0.1, -0.05) is 27.6 Å². The van der Waals surface area contributed by atoms with Gasteiger partial charge in [-0.2, -0.15) is 0 Å². The summed E-state index contributed by atoms with van der Waals surface area (Å²) in [5.74, 6) is -0.140. The second-order valence-corrected chi connectivity index (χ2v) is 5.95. The van der Waals surface area contributed by atoms with Crippen molar-refractivity contribution in [2.24, 2.45) is 0 Å². The summed E-state index contributed by atoms with van der Waals surface area (Å²) >= 11 is 3.49. The highest BCUT2D eigenvalue weighted by Crippen LogP contribution is 2.34. The first-order valence-electron chi connectivity index (χ1n) is 6.62. The molecule has 1 aliphatic rings. The maximum Gasteiger partial charge on any atom is 0.129 e. The van der Waals surface area contributed by atoms with Gasteiger partial charge in [0.1, 0.15) is 5.82 Å². The van der Waals surface area contributed by atoms with Crippen LogP contribution in [-0.2, 0) is 0 Å². The molecule has 1 fully saturated rings. The first-order valence-corrected chi connectivity index (χ1v) is 7.42. The second kappa shape index (κ2) is 9.80. The van der Waals surface area contributed by atoms with Crippen LogP contribution >= 0.6 is 40.7 Å². The minimum atomic E-state index is -0.140. The fourth-order valence-corrected chi connectivity index (χ4v) is 3.17. The third-order valence-corrected chi connectivity index (χ3v) is 4.16. The summed E-state index contributed by atoms with van der Waals surface area (Å²) in [4.78, 5) is 2.34. The molecule has 1 aromatic carbocycles. The molecule has 0 radical (unpaired) electrons. The Balaban J connectivity index is 0.00000200. The van der Waals surface area contributed by atoms with Crippen LogP contribution in [0, 0.1) is 5.82 Å². The standard InChI is InChI=1S/C15H20BrFN2.2ClH/c1-11(2)10-14(19-8-6-18-7-9-19)15-12(16)4-3-5-13(15)17;;/h3-5,14,18H,1,6-10H2,2H3;2*1H/t14-;;/m1../s1. The van der Waals surface area contributed by atoms with E-state index in [4.69, 9.17) is 0 Å². The molecule has 2 rings (SSSR count). The van der Waals surface area contributed by atoms with Crippen LogP contribution in [0.15, 0.2) is 34.8 Å². The average Bonchev–Trinajstić information content (AvgIpc) is 2.38. The molecule has 0 saturated carbocycles. The highest BCUT2D eigenvalue weighted by molar-refractivity contribution is 9.10. The van der Waals surface area contributed by atoms with E-state index < -0.39 is 0 Å². The molecule has 0 aliphatic carbocycles. The van der Waals surface area contributed by atoms with Crippen LogP contribution < -0.4 is 5.32 Å². The van der Waals surface area contributed by atoms with E-state index in [1.54, 1.807) is 6.07 Å². The molecule has 2 nitrogen and oxygen atoms in total. The molecule has 0 aromatic heterocycles. The van der Waals surface area contributed by atoms with Crippen molar-refractivity contribution in [3.8, 4) is 0 Å². The molecule has 0 amide bonds. The van der Waals surface area contributed by atoms with Crippen molar-refractivity contribution in [2.75, 3.05) is 26.2 Å². The number of hydrogen-bond acceptors (Lipinski definition) is 2. The Labute approximate surface area is 147 Å². The zero-order valence-electron chi connectivity index (χ0n) is 12.1. The van der Waals surface area contributed by atoms with E-state index >= 15 is 0 Å². The van der Waals surface area contributed by atoms with Crippen molar-refractivity contribution in [1.29, 1.82) is 0 Å². The number of nitrogens with zero attached hydrogens (tertiary/aromatic N) is 1. The molecule has 1 N–H and O–H groups in total. The van der Waals surface area contributed by atoms with E-state index in [9.17, 15) is 4.39 Å². The fourth-order valence-electron chi connectivity index (χ4n) is 2.57. The molecule has 1 heterocycles. The largest absolute Gasteiger partial charge is 0.314 e. The lowest BCUT2D eigenvalue weighted by Crippen LogP contribution is -2.45. The normalized spacial score (nSPS) is 16.5. The van der Waals surface area contributed by atoms with Crippen LogP contribution in [0.4, 0.5) is 4.39 Å². The molecule has 1 atom stereocenters. The Kier molecular flexibility index (Phi) is 9.74. The predicted molar refractivity (Wildman–Crippen MR) is 95.2 cm³/mol. The lowest BCUT2D eigenvalue weighted by atomic mass is 9.97. The van der Waals surface area contributed by atoms with Gasteiger partial charge in [0.2, 0.25) is 0 Å². The number of halogens is 4. The van der Waals surface area contributed by atoms with Gasteiger partial charge in [-0.3, -0.25) is 4.90 Å². The van der Waals surface area contributed by atoms with Crippen molar-refractivity contribution in [1.82, 2.24) is 10.2 Å². The average molecular weight is 400 g/mol. The highest BCUT2D eigenvalue weighted by Gasteiger charge is 2.26. The molecule has 6 heteroatoms. The van der Waals surface area contributed by atoms with E-state index in [-0.39, 0.29) is 36.7 Å². The Morgan fingerprint density at radius 2 is 2.00 bits per heavy atom. The summed E-state index contributed by atoms with van der Waals surface area (Å²) in [5.41, 5.74) is 1.84. The van der Waals surface area contributed by atoms with E-state index in [1.165, 1.54) is 6.07 Å². The summed E-state index contributed by atoms with van der Waals surface area (Å²) in [5, 5.41) is 3.33. The molecular weight excluding hydrogens is 378 g/mol. The van der Waals surface area contributed by atoms with Gasteiger partial charge in [0.25, 0.3) is 0 Å². The molecule has 120 valence electrons. The first kappa shape index (κ1) is 20.9. The molecule has 1 saturated heterocycles. The summed E-state index contributed by atoms with van der Waals surface area (Å²) in [6.07, 6.45) is 0.791. The molecule has 1 aromatic rings. The minimum absolute atomic E-state index is 0. The van der Waals surface area contributed by atoms with Gasteiger partial charge >= 0.3 is 0 Å². The van der Waals surface area contributed by atoms with Gasteiger partial charge in [0.05, 0.1) is 0 Å². The summed E-state index contributed by atoms with van der Waals surface area (Å²) < 4.78 is 15.0. The van der Waals surface area contributed by atoms with Gasteiger partial charge in [-0.05, 0) is 25.5 Å². The third-order valence-electron chi connectivity index (χ3n) is 3.47. The van der Waals surface area contributed by atoms with E-state index in [0.29, 0.717) is 0 Å². The summed E-state index contributed by atoms with van der Waals surface area (Å²) in [6, 6.07) is 5.24. The molecule has 0 bridgehead atoms. The Morgan fingerprint density at radius 1 is 1.38 bits per heavy atom. The van der Waals surface area contributed by atoms with Gasteiger partial charge in [0, 0.05) is 42.3 Å². The topological polar surface area (TPSA) is 15.3 Å². The molecule has 21 heavy (non-hydrogen) atoms. The van der Waals surface area contributed by atoms with E-state index in [1.807, 2.05) is 13.0 Å². The number of benzene rings is 1. The van der Waals surface area contributed by atoms with Crippen LogP contribution in [0.2, 0.25) is 0 Å². The van der Waals surface area contributed by atoms with Gasteiger partial charge in [-0.15, -0.1) is 31.4 Å². The fraction of sp³-hybridized carbons (Fsp3) is 0.467. The molecule has 1 aliphatic heterocycles. The van der Waals surface area contributed by atoms with Crippen molar-refractivity contribution >= 4 is 40.7 Å². The Hall–Kier alpha value is -0.130. The van der Waals surface area contributed by atoms with Gasteiger partial charge in [-0.25, -0.2) is 4.39 Å². The number of nitrogens with one attached hydrogen (secondary N) is 1. The van der Waals surface area contributed by atoms with Crippen LogP contribution in [0.1, 0.15) is 24.9 Å². The maximum absolute atomic E-state index is 14.2. The molecule has 0 spiro atoms. The zero-order chi connectivity index (χ0) is 13.8. The monoisotopic (exact) mass is 398 g/mol. The number of hydrogen-bond donors (Lipinski definition) is 1. The second-order valence-electron chi connectivity index (χ2n) is 5.10. The van der Waals surface area contributed by atoms with E-state index in [0.717, 1.165) is 48.2 Å². The lowest BCUT2D eigenvalue weighted by Gasteiger charge is -2.36. The van der Waals surface area contributed by atoms with Crippen LogP contribution in [0.3, 0.4) is 0 Å². The first-order chi connectivity index (χ1) is 9.09. The van der Waals surface area contributed by atoms with Crippen LogP contribution in [-0.4, -0.2) is 31.1 Å². The smallest absolute Gasteiger partial charge is 0.129 e.